The Morgan fingerprint density at radius 2 is 1.84 bits per heavy atom. The van der Waals surface area contributed by atoms with Crippen LogP contribution in [0.4, 0.5) is 0 Å². The number of aryl methyl sites for hydroxylation is 1. The number of carbonyl (C=O) groups excluding carboxylic acids is 2. The minimum Gasteiger partial charge on any atom is -0.449 e. The van der Waals surface area contributed by atoms with Crippen molar-refractivity contribution in [2.75, 3.05) is 6.54 Å². The molecule has 1 saturated heterocycles. The first-order valence-corrected chi connectivity index (χ1v) is 19.5. The van der Waals surface area contributed by atoms with Gasteiger partial charge in [-0.3, -0.25) is 4.79 Å². The smallest absolute Gasteiger partial charge is 0.339 e. The van der Waals surface area contributed by atoms with E-state index in [-0.39, 0.29) is 23.8 Å². The highest BCUT2D eigenvalue weighted by molar-refractivity contribution is 5.99. The summed E-state index contributed by atoms with van der Waals surface area (Å²) >= 11 is 0. The molecule has 0 aromatic heterocycles. The molecule has 5 nitrogen and oxygen atoms in total. The molecule has 3 saturated carbocycles. The molecule has 1 aromatic carbocycles. The third kappa shape index (κ3) is 4.48. The molecule has 6 aliphatic carbocycles. The van der Waals surface area contributed by atoms with Gasteiger partial charge in [-0.2, -0.15) is 0 Å². The highest BCUT2D eigenvalue weighted by atomic mass is 16.6. The van der Waals surface area contributed by atoms with Gasteiger partial charge < -0.3 is 15.2 Å². The molecule has 0 amide bonds. The number of esters is 2. The summed E-state index contributed by atoms with van der Waals surface area (Å²) in [6, 6.07) is 6.26. The van der Waals surface area contributed by atoms with Crippen molar-refractivity contribution < 1.29 is 19.1 Å². The molecular formula is C44H51NO4. The van der Waals surface area contributed by atoms with Crippen molar-refractivity contribution in [2.45, 2.75) is 102 Å². The van der Waals surface area contributed by atoms with E-state index in [0.29, 0.717) is 48.1 Å². The topological polar surface area (TPSA) is 78.6 Å². The fourth-order valence-corrected chi connectivity index (χ4v) is 12.3. The van der Waals surface area contributed by atoms with E-state index in [4.69, 9.17) is 15.2 Å². The Bertz CT molecular complexity index is 1720. The van der Waals surface area contributed by atoms with Crippen molar-refractivity contribution in [3.63, 3.8) is 0 Å². The van der Waals surface area contributed by atoms with Crippen molar-refractivity contribution >= 4 is 11.9 Å². The van der Waals surface area contributed by atoms with Gasteiger partial charge in [0.25, 0.3) is 0 Å². The van der Waals surface area contributed by atoms with E-state index in [1.807, 2.05) is 0 Å². The maximum absolute atomic E-state index is 14.6. The number of nitrogens with two attached hydrogens (primary N) is 1. The normalized spacial score (nSPS) is 40.7. The van der Waals surface area contributed by atoms with E-state index in [1.54, 1.807) is 0 Å². The number of benzene rings is 1. The van der Waals surface area contributed by atoms with Crippen LogP contribution in [0.25, 0.3) is 0 Å². The minimum atomic E-state index is -0.954. The summed E-state index contributed by atoms with van der Waals surface area (Å²) in [5.74, 6) is 10.4. The lowest BCUT2D eigenvalue weighted by Crippen LogP contribution is -2.75. The van der Waals surface area contributed by atoms with Crippen molar-refractivity contribution in [1.29, 1.82) is 0 Å². The number of rotatable bonds is 8. The predicted molar refractivity (Wildman–Crippen MR) is 190 cm³/mol. The number of fused-ring (bicyclic) bond motifs is 4. The van der Waals surface area contributed by atoms with Gasteiger partial charge in [-0.25, -0.2) is 4.79 Å². The standard InChI is InChI=1S/C44H51NO4/c45-26-8-17-33-15-7-19-36-39(33)40(46)49-44(36)37(22-20-29-9-1-2-10-29)42-25-24-31-12-5-11-30(21-23-38(48-41(42)47)43(42,44)28-31)27-34-16-6-14-32-13-3-4-18-35(32)34/h3-4,7,13,15,18-19,23-25,29-32,34-35,37H,1-2,6,8-11,14,16-17,20-22,26-28,45H2/b38-23+/t30-,31-,32-,34-,35+,37-,42-,43+,44+/m0/s1. The van der Waals surface area contributed by atoms with Crippen molar-refractivity contribution in [2.24, 2.45) is 58.0 Å². The number of hydrogen-bond acceptors (Lipinski definition) is 5. The molecule has 0 radical (unpaired) electrons. The van der Waals surface area contributed by atoms with Crippen molar-refractivity contribution in [3.8, 4) is 11.8 Å². The minimum absolute atomic E-state index is 0.0360. The summed E-state index contributed by atoms with van der Waals surface area (Å²) in [5, 5.41) is 0. The maximum Gasteiger partial charge on any atom is 0.339 e. The largest absolute Gasteiger partial charge is 0.449 e. The molecule has 2 heterocycles. The molecule has 1 aromatic rings. The van der Waals surface area contributed by atoms with Crippen LogP contribution in [0.1, 0.15) is 111 Å². The molecule has 256 valence electrons. The van der Waals surface area contributed by atoms with E-state index >= 15 is 0 Å². The van der Waals surface area contributed by atoms with E-state index in [9.17, 15) is 9.59 Å². The first kappa shape index (κ1) is 31.6. The highest BCUT2D eigenvalue weighted by Crippen LogP contribution is 2.84. The molecule has 49 heavy (non-hydrogen) atoms. The average Bonchev–Trinajstić information content (AvgIpc) is 3.81. The lowest BCUT2D eigenvalue weighted by Gasteiger charge is -2.69. The molecular weight excluding hydrogens is 606 g/mol. The first-order valence-electron chi connectivity index (χ1n) is 19.5. The third-order valence-electron chi connectivity index (χ3n) is 14.4. The molecule has 2 bridgehead atoms. The molecule has 8 aliphatic rings. The third-order valence-corrected chi connectivity index (χ3v) is 14.4. The Morgan fingerprint density at radius 1 is 0.959 bits per heavy atom. The fourth-order valence-electron chi connectivity index (χ4n) is 12.3. The van der Waals surface area contributed by atoms with Crippen LogP contribution in [0.2, 0.25) is 0 Å². The average molecular weight is 658 g/mol. The molecule has 2 N–H and O–H groups in total. The van der Waals surface area contributed by atoms with Crippen molar-refractivity contribution in [3.05, 3.63) is 83.2 Å². The van der Waals surface area contributed by atoms with E-state index in [2.05, 4.69) is 72.6 Å². The molecule has 5 heteroatoms. The Balaban J connectivity index is 1.14. The monoisotopic (exact) mass is 657 g/mol. The van der Waals surface area contributed by atoms with Crippen LogP contribution in [0.3, 0.4) is 0 Å². The van der Waals surface area contributed by atoms with Crippen LogP contribution < -0.4 is 5.73 Å². The number of allylic oxidation sites excluding steroid dienone is 6. The summed E-state index contributed by atoms with van der Waals surface area (Å²) in [4.78, 5) is 28.8. The summed E-state index contributed by atoms with van der Waals surface area (Å²) < 4.78 is 13.5. The summed E-state index contributed by atoms with van der Waals surface area (Å²) in [5.41, 5.74) is 6.00. The molecule has 2 aliphatic heterocycles. The lowest BCUT2D eigenvalue weighted by molar-refractivity contribution is -0.273. The van der Waals surface area contributed by atoms with Crippen molar-refractivity contribution in [1.82, 2.24) is 0 Å². The Labute approximate surface area is 291 Å². The van der Waals surface area contributed by atoms with Gasteiger partial charge in [0.1, 0.15) is 11.2 Å². The highest BCUT2D eigenvalue weighted by Gasteiger charge is 2.91. The van der Waals surface area contributed by atoms with Crippen LogP contribution in [0.15, 0.2) is 66.5 Å². The van der Waals surface area contributed by atoms with E-state index < -0.39 is 16.4 Å². The molecule has 2 spiro atoms. The zero-order valence-corrected chi connectivity index (χ0v) is 28.8. The van der Waals surface area contributed by atoms with Gasteiger partial charge in [0.15, 0.2) is 5.60 Å². The Hall–Kier alpha value is -3.36. The van der Waals surface area contributed by atoms with Crippen LogP contribution in [-0.2, 0) is 26.3 Å². The van der Waals surface area contributed by atoms with Gasteiger partial charge in [0.05, 0.1) is 11.0 Å². The SMILES string of the molecule is NCCCc1cccc2c1C(=O)O[C@@]21[C@@H](CCC2CCCC2)[C@@]23C=C[C@@H]4C#CC[C@H](C[C@@H]5CCC[C@@H]6C=CC=C[C@@H]56)C/C=C(/OC2=O)[C@@]13C4. The van der Waals surface area contributed by atoms with E-state index in [1.165, 1.54) is 44.9 Å². The van der Waals surface area contributed by atoms with Crippen LogP contribution in [0, 0.1) is 64.1 Å². The second kappa shape index (κ2) is 12.2. The summed E-state index contributed by atoms with van der Waals surface area (Å²) in [7, 11) is 0. The summed E-state index contributed by atoms with van der Waals surface area (Å²) in [6.07, 6.45) is 31.7. The number of hydrogen-bond donors (Lipinski definition) is 1. The van der Waals surface area contributed by atoms with E-state index in [0.717, 1.165) is 61.8 Å². The molecule has 4 fully saturated rings. The van der Waals surface area contributed by atoms with Gasteiger partial charge in [-0.1, -0.05) is 92.7 Å². The van der Waals surface area contributed by atoms with Crippen LogP contribution in [0.5, 0.6) is 0 Å². The van der Waals surface area contributed by atoms with Gasteiger partial charge in [-0.15, -0.1) is 5.92 Å². The second-order valence-corrected chi connectivity index (χ2v) is 16.6. The summed E-state index contributed by atoms with van der Waals surface area (Å²) in [6.45, 7) is 0.567. The van der Waals surface area contributed by atoms with Gasteiger partial charge in [0.2, 0.25) is 0 Å². The molecule has 9 atom stereocenters. The Morgan fingerprint density at radius 3 is 2.71 bits per heavy atom. The zero-order chi connectivity index (χ0) is 33.2. The van der Waals surface area contributed by atoms with Gasteiger partial charge in [-0.05, 0) is 106 Å². The maximum atomic E-state index is 14.6. The Kier molecular flexibility index (Phi) is 7.84. The fraction of sp³-hybridized carbons (Fsp3) is 0.591. The van der Waals surface area contributed by atoms with Crippen LogP contribution >= 0.6 is 0 Å². The molecule has 9 rings (SSSR count). The van der Waals surface area contributed by atoms with Gasteiger partial charge in [0, 0.05) is 23.8 Å². The van der Waals surface area contributed by atoms with Gasteiger partial charge >= 0.3 is 11.9 Å². The zero-order valence-electron chi connectivity index (χ0n) is 28.8. The first-order chi connectivity index (χ1) is 24.0. The number of carbonyl (C=O) groups is 2. The quantitative estimate of drug-likeness (QED) is 0.172. The molecule has 0 unspecified atom stereocenters. The second-order valence-electron chi connectivity index (χ2n) is 16.6. The predicted octanol–water partition coefficient (Wildman–Crippen LogP) is 8.50. The number of ether oxygens (including phenoxy) is 2. The van der Waals surface area contributed by atoms with Crippen LogP contribution in [-0.4, -0.2) is 18.5 Å². The lowest BCUT2D eigenvalue weighted by atomic mass is 9.31.